The van der Waals surface area contributed by atoms with Gasteiger partial charge in [-0.15, -0.1) is 0 Å². The second kappa shape index (κ2) is 5.93. The summed E-state index contributed by atoms with van der Waals surface area (Å²) in [4.78, 5) is 12.0. The molecule has 0 fully saturated rings. The van der Waals surface area contributed by atoms with Gasteiger partial charge in [0.1, 0.15) is 12.3 Å². The number of nitrogen functional groups attached to an aromatic ring is 1. The smallest absolute Gasteiger partial charge is 0.355 e. The number of ether oxygens (including phenoxy) is 1. The second-order valence-corrected chi connectivity index (χ2v) is 4.29. The van der Waals surface area contributed by atoms with Crippen molar-refractivity contribution in [1.82, 2.24) is 4.57 Å². The predicted octanol–water partition coefficient (Wildman–Crippen LogP) is 2.32. The number of anilines is 1. The number of aryl methyl sites for hydroxylation is 1. The Morgan fingerprint density at radius 3 is 2.90 bits per heavy atom. The predicted molar refractivity (Wildman–Crippen MR) is 74.8 cm³/mol. The number of nitrogens with two attached hydrogens (primary N) is 1. The van der Waals surface area contributed by atoms with Crippen molar-refractivity contribution in [2.24, 2.45) is 0 Å². The molecule has 20 heavy (non-hydrogen) atoms. The summed E-state index contributed by atoms with van der Waals surface area (Å²) in [5.41, 5.74) is 7.81. The molecule has 102 valence electrons. The maximum absolute atomic E-state index is 12.0. The molecular formula is C15H15N3O2. The molecule has 1 heterocycles. The third-order valence-corrected chi connectivity index (χ3v) is 2.96. The Bertz CT molecular complexity index is 668. The van der Waals surface area contributed by atoms with E-state index in [4.69, 9.17) is 15.7 Å². The maximum Gasteiger partial charge on any atom is 0.355 e. The summed E-state index contributed by atoms with van der Waals surface area (Å²) in [6, 6.07) is 10.7. The lowest BCUT2D eigenvalue weighted by Gasteiger charge is -2.08. The number of benzene rings is 1. The number of nitrogens with zero attached hydrogens (tertiary/aromatic N) is 2. The normalized spacial score (nSPS) is 10.0. The minimum atomic E-state index is -0.448. The number of hydrogen-bond acceptors (Lipinski definition) is 4. The molecule has 5 heteroatoms. The standard InChI is InChI=1S/C15H15N3O2/c1-2-18-9-13(17)7-14(18)15(19)20-10-12-6-4-3-5-11(12)8-16/h3-7,9H,2,10,17H2,1H3. The molecular weight excluding hydrogens is 254 g/mol. The first-order chi connectivity index (χ1) is 9.65. The molecule has 5 nitrogen and oxygen atoms in total. The van der Waals surface area contributed by atoms with E-state index in [9.17, 15) is 4.79 Å². The van der Waals surface area contributed by atoms with E-state index in [1.165, 1.54) is 0 Å². The minimum absolute atomic E-state index is 0.0668. The third-order valence-electron chi connectivity index (χ3n) is 2.96. The minimum Gasteiger partial charge on any atom is -0.456 e. The average Bonchev–Trinajstić information content (AvgIpc) is 2.86. The Morgan fingerprint density at radius 1 is 1.45 bits per heavy atom. The molecule has 0 bridgehead atoms. The van der Waals surface area contributed by atoms with Crippen molar-refractivity contribution in [3.05, 3.63) is 53.3 Å². The van der Waals surface area contributed by atoms with E-state index in [-0.39, 0.29) is 6.61 Å². The van der Waals surface area contributed by atoms with E-state index in [0.29, 0.717) is 29.1 Å². The van der Waals surface area contributed by atoms with E-state index in [2.05, 4.69) is 6.07 Å². The molecule has 0 aliphatic heterocycles. The largest absolute Gasteiger partial charge is 0.456 e. The quantitative estimate of drug-likeness (QED) is 0.864. The van der Waals surface area contributed by atoms with Crippen LogP contribution in [0, 0.1) is 11.3 Å². The average molecular weight is 269 g/mol. The van der Waals surface area contributed by atoms with Crippen molar-refractivity contribution >= 4 is 11.7 Å². The highest BCUT2D eigenvalue weighted by atomic mass is 16.5. The van der Waals surface area contributed by atoms with Gasteiger partial charge in [0.05, 0.1) is 17.3 Å². The molecule has 2 N–H and O–H groups in total. The van der Waals surface area contributed by atoms with Gasteiger partial charge < -0.3 is 15.0 Å². The van der Waals surface area contributed by atoms with Gasteiger partial charge in [-0.2, -0.15) is 5.26 Å². The highest BCUT2D eigenvalue weighted by molar-refractivity contribution is 5.89. The monoisotopic (exact) mass is 269 g/mol. The van der Waals surface area contributed by atoms with Gasteiger partial charge in [-0.1, -0.05) is 18.2 Å². The van der Waals surface area contributed by atoms with E-state index >= 15 is 0 Å². The van der Waals surface area contributed by atoms with Crippen LogP contribution < -0.4 is 5.73 Å². The van der Waals surface area contributed by atoms with Crippen LogP contribution in [-0.2, 0) is 17.9 Å². The third kappa shape index (κ3) is 2.81. The van der Waals surface area contributed by atoms with Crippen LogP contribution in [0.25, 0.3) is 0 Å². The van der Waals surface area contributed by atoms with Crippen molar-refractivity contribution in [3.8, 4) is 6.07 Å². The highest BCUT2D eigenvalue weighted by Crippen LogP contribution is 2.14. The van der Waals surface area contributed by atoms with Crippen LogP contribution in [-0.4, -0.2) is 10.5 Å². The first kappa shape index (κ1) is 13.7. The Morgan fingerprint density at radius 2 is 2.20 bits per heavy atom. The summed E-state index contributed by atoms with van der Waals surface area (Å²) in [6.07, 6.45) is 1.69. The SMILES string of the molecule is CCn1cc(N)cc1C(=O)OCc1ccccc1C#N. The summed E-state index contributed by atoms with van der Waals surface area (Å²) in [6.45, 7) is 2.62. The van der Waals surface area contributed by atoms with Crippen LogP contribution in [0.15, 0.2) is 36.5 Å². The highest BCUT2D eigenvalue weighted by Gasteiger charge is 2.14. The van der Waals surface area contributed by atoms with Gasteiger partial charge in [0.15, 0.2) is 0 Å². The van der Waals surface area contributed by atoms with Crippen molar-refractivity contribution in [2.75, 3.05) is 5.73 Å². The number of carbonyl (C=O) groups excluding carboxylic acids is 1. The first-order valence-electron chi connectivity index (χ1n) is 6.26. The molecule has 0 atom stereocenters. The molecule has 2 aromatic rings. The van der Waals surface area contributed by atoms with E-state index in [1.54, 1.807) is 41.1 Å². The number of hydrogen-bond donors (Lipinski definition) is 1. The molecule has 0 saturated heterocycles. The number of nitriles is 1. The van der Waals surface area contributed by atoms with Crippen LogP contribution in [0.2, 0.25) is 0 Å². The van der Waals surface area contributed by atoms with Crippen LogP contribution in [0.1, 0.15) is 28.5 Å². The van der Waals surface area contributed by atoms with Crippen molar-refractivity contribution < 1.29 is 9.53 Å². The first-order valence-corrected chi connectivity index (χ1v) is 6.26. The number of esters is 1. The van der Waals surface area contributed by atoms with E-state index < -0.39 is 5.97 Å². The van der Waals surface area contributed by atoms with Crippen LogP contribution in [0.4, 0.5) is 5.69 Å². The fraction of sp³-hybridized carbons (Fsp3) is 0.200. The van der Waals surface area contributed by atoms with E-state index in [1.807, 2.05) is 6.92 Å². The zero-order chi connectivity index (χ0) is 14.5. The molecule has 0 aliphatic carbocycles. The molecule has 0 amide bonds. The summed E-state index contributed by atoms with van der Waals surface area (Å²) in [7, 11) is 0. The topological polar surface area (TPSA) is 81.0 Å². The Hall–Kier alpha value is -2.74. The molecule has 0 aliphatic rings. The number of carbonyl (C=O) groups is 1. The second-order valence-electron chi connectivity index (χ2n) is 4.29. The lowest BCUT2D eigenvalue weighted by molar-refractivity contribution is 0.0460. The van der Waals surface area contributed by atoms with Gasteiger partial charge in [-0.05, 0) is 19.1 Å². The summed E-state index contributed by atoms with van der Waals surface area (Å²) < 4.78 is 6.98. The fourth-order valence-electron chi connectivity index (χ4n) is 1.94. The Kier molecular flexibility index (Phi) is 4.06. The zero-order valence-electron chi connectivity index (χ0n) is 11.2. The van der Waals surface area contributed by atoms with Gasteiger partial charge in [0.25, 0.3) is 0 Å². The van der Waals surface area contributed by atoms with Gasteiger partial charge in [0.2, 0.25) is 0 Å². The van der Waals surface area contributed by atoms with Crippen molar-refractivity contribution in [1.29, 1.82) is 5.26 Å². The lowest BCUT2D eigenvalue weighted by atomic mass is 10.1. The van der Waals surface area contributed by atoms with Crippen molar-refractivity contribution in [2.45, 2.75) is 20.1 Å². The lowest BCUT2D eigenvalue weighted by Crippen LogP contribution is -2.11. The molecule has 1 aromatic carbocycles. The molecule has 0 unspecified atom stereocenters. The summed E-state index contributed by atoms with van der Waals surface area (Å²) in [5.74, 6) is -0.448. The van der Waals surface area contributed by atoms with Gasteiger partial charge >= 0.3 is 5.97 Å². The fourth-order valence-corrected chi connectivity index (χ4v) is 1.94. The van der Waals surface area contributed by atoms with E-state index in [0.717, 1.165) is 0 Å². The Labute approximate surface area is 117 Å². The molecule has 1 aromatic heterocycles. The van der Waals surface area contributed by atoms with Crippen LogP contribution in [0.5, 0.6) is 0 Å². The van der Waals surface area contributed by atoms with Crippen molar-refractivity contribution in [3.63, 3.8) is 0 Å². The maximum atomic E-state index is 12.0. The van der Waals surface area contributed by atoms with Gasteiger partial charge in [-0.25, -0.2) is 4.79 Å². The molecule has 2 rings (SSSR count). The molecule has 0 spiro atoms. The van der Waals surface area contributed by atoms with Crippen LogP contribution in [0.3, 0.4) is 0 Å². The van der Waals surface area contributed by atoms with Gasteiger partial charge in [-0.3, -0.25) is 0 Å². The number of rotatable bonds is 4. The molecule has 0 radical (unpaired) electrons. The Balaban J connectivity index is 2.11. The van der Waals surface area contributed by atoms with Gasteiger partial charge in [0, 0.05) is 18.3 Å². The zero-order valence-corrected chi connectivity index (χ0v) is 11.2. The summed E-state index contributed by atoms with van der Waals surface area (Å²) in [5, 5.41) is 8.98. The number of aromatic nitrogens is 1. The molecule has 0 saturated carbocycles. The van der Waals surface area contributed by atoms with Crippen LogP contribution >= 0.6 is 0 Å². The summed E-state index contributed by atoms with van der Waals surface area (Å²) >= 11 is 0.